The third kappa shape index (κ3) is 4.34. The molecule has 0 amide bonds. The summed E-state index contributed by atoms with van der Waals surface area (Å²) in [5.74, 6) is 0. The molecule has 28 heavy (non-hydrogen) atoms. The second kappa shape index (κ2) is 8.10. The summed E-state index contributed by atoms with van der Waals surface area (Å²) in [6.45, 7) is 35.4. The van der Waals surface area contributed by atoms with Crippen LogP contribution < -0.4 is 0 Å². The topological polar surface area (TPSA) is 9.23 Å². The van der Waals surface area contributed by atoms with Crippen molar-refractivity contribution in [3.8, 4) is 0 Å². The summed E-state index contributed by atoms with van der Waals surface area (Å²) in [5, 5.41) is 2.54. The molecule has 0 aromatic heterocycles. The smallest absolute Gasteiger partial charge is 0.225 e. The fourth-order valence-corrected chi connectivity index (χ4v) is 27.4. The van der Waals surface area contributed by atoms with Crippen molar-refractivity contribution in [1.82, 2.24) is 0 Å². The molecule has 0 N–H and O–H groups in total. The van der Waals surface area contributed by atoms with Gasteiger partial charge in [-0.1, -0.05) is 122 Å². The van der Waals surface area contributed by atoms with Crippen molar-refractivity contribution in [2.24, 2.45) is 0 Å². The van der Waals surface area contributed by atoms with Crippen LogP contribution in [0.25, 0.3) is 0 Å². The third-order valence-corrected chi connectivity index (χ3v) is 30.8. The monoisotopic (exact) mass is 454 g/mol. The zero-order valence-electron chi connectivity index (χ0n) is 21.8. The number of hydrogen-bond acceptors (Lipinski definition) is 1. The SMILES string of the molecule is CO[Si]1(C(C)(C)C)C([Si](C)(C)C(C)C)=CC([Si](C)(C)C)=CC1[Si](C)(C)C(C)C. The van der Waals surface area contributed by atoms with E-state index in [4.69, 9.17) is 4.43 Å². The minimum atomic E-state index is -2.20. The molecule has 5 heteroatoms. The van der Waals surface area contributed by atoms with Gasteiger partial charge in [0, 0.05) is 7.11 Å². The normalized spacial score (nSPS) is 25.2. The van der Waals surface area contributed by atoms with Crippen LogP contribution in [0.3, 0.4) is 0 Å². The van der Waals surface area contributed by atoms with Crippen molar-refractivity contribution in [3.05, 3.63) is 22.2 Å². The van der Waals surface area contributed by atoms with Crippen molar-refractivity contribution < 1.29 is 4.43 Å². The second-order valence-electron chi connectivity index (χ2n) is 12.9. The molecule has 0 saturated heterocycles. The van der Waals surface area contributed by atoms with Gasteiger partial charge in [-0.15, -0.1) is 0 Å². The van der Waals surface area contributed by atoms with Crippen molar-refractivity contribution >= 4 is 32.5 Å². The Morgan fingerprint density at radius 1 is 0.893 bits per heavy atom. The van der Waals surface area contributed by atoms with Crippen LogP contribution in [-0.4, -0.2) is 39.6 Å². The highest BCUT2D eigenvalue weighted by molar-refractivity contribution is 7.12. The molecule has 0 aromatic carbocycles. The second-order valence-corrected chi connectivity index (χ2v) is 34.2. The van der Waals surface area contributed by atoms with Crippen LogP contribution in [0.4, 0.5) is 0 Å². The Hall–Kier alpha value is 0.308. The highest BCUT2D eigenvalue weighted by Gasteiger charge is 2.63. The third-order valence-electron chi connectivity index (χ3n) is 8.21. The Morgan fingerprint density at radius 3 is 1.64 bits per heavy atom. The van der Waals surface area contributed by atoms with Gasteiger partial charge in [0.25, 0.3) is 0 Å². The largest absolute Gasteiger partial charge is 0.415 e. The van der Waals surface area contributed by atoms with E-state index in [2.05, 4.69) is 114 Å². The maximum absolute atomic E-state index is 6.91. The lowest BCUT2D eigenvalue weighted by Gasteiger charge is -2.58. The zero-order valence-corrected chi connectivity index (χ0v) is 25.8. The molecule has 1 aliphatic rings. The lowest BCUT2D eigenvalue weighted by molar-refractivity contribution is 0.367. The van der Waals surface area contributed by atoms with E-state index in [0.29, 0.717) is 5.16 Å². The summed E-state index contributed by atoms with van der Waals surface area (Å²) >= 11 is 0. The Balaban J connectivity index is 4.07. The Labute approximate surface area is 181 Å². The van der Waals surface area contributed by atoms with E-state index in [1.54, 1.807) is 5.20 Å². The molecule has 164 valence electrons. The summed E-state index contributed by atoms with van der Waals surface area (Å²) < 4.78 is 6.91. The molecule has 2 atom stereocenters. The number of allylic oxidation sites excluding steroid dienone is 3. The van der Waals surface area contributed by atoms with Crippen LogP contribution in [0.1, 0.15) is 48.5 Å². The van der Waals surface area contributed by atoms with Gasteiger partial charge < -0.3 is 4.43 Å². The van der Waals surface area contributed by atoms with E-state index >= 15 is 0 Å². The first-order valence-corrected chi connectivity index (χ1v) is 23.0. The van der Waals surface area contributed by atoms with Gasteiger partial charge in [-0.05, 0) is 15.7 Å². The molecule has 0 bridgehead atoms. The predicted molar refractivity (Wildman–Crippen MR) is 141 cm³/mol. The minimum Gasteiger partial charge on any atom is -0.415 e. The standard InChI is InChI=1S/C23H50OSi4/c1-18(2)26(12,13)21-16-20(25(9,10)11)17-22(27(14,15)19(3)4)28(21,24-8)23(5,6)7/h16-19,21H,1-15H3. The molecule has 0 saturated carbocycles. The molecule has 0 fully saturated rings. The molecule has 2 unspecified atom stereocenters. The molecule has 1 rings (SSSR count). The van der Waals surface area contributed by atoms with Crippen molar-refractivity contribution in [3.63, 3.8) is 0 Å². The number of rotatable bonds is 6. The first-order valence-electron chi connectivity index (χ1n) is 11.3. The van der Waals surface area contributed by atoms with Crippen LogP contribution in [0.2, 0.25) is 67.1 Å². The average molecular weight is 455 g/mol. The van der Waals surface area contributed by atoms with E-state index in [-0.39, 0.29) is 5.04 Å². The maximum Gasteiger partial charge on any atom is 0.225 e. The van der Waals surface area contributed by atoms with Gasteiger partial charge in [-0.25, -0.2) is 0 Å². The summed E-state index contributed by atoms with van der Waals surface area (Å²) in [6.07, 6.45) is 5.48. The molecule has 1 nitrogen and oxygen atoms in total. The van der Waals surface area contributed by atoms with Gasteiger partial charge in [-0.2, -0.15) is 0 Å². The summed E-state index contributed by atoms with van der Waals surface area (Å²) in [7, 11) is -4.73. The minimum absolute atomic E-state index is 0.192. The molecule has 1 heterocycles. The van der Waals surface area contributed by atoms with Gasteiger partial charge in [-0.3, -0.25) is 0 Å². The van der Waals surface area contributed by atoms with E-state index in [1.807, 2.05) is 4.82 Å². The van der Waals surface area contributed by atoms with E-state index < -0.39 is 32.5 Å². The van der Waals surface area contributed by atoms with Crippen molar-refractivity contribution in [2.45, 2.75) is 116 Å². The molecular formula is C23H50OSi4. The van der Waals surface area contributed by atoms with Crippen LogP contribution >= 0.6 is 0 Å². The molecule has 0 radical (unpaired) electrons. The summed E-state index contributed by atoms with van der Waals surface area (Å²) in [5.41, 5.74) is 1.48. The van der Waals surface area contributed by atoms with Crippen molar-refractivity contribution in [2.75, 3.05) is 7.11 Å². The molecule has 0 aromatic rings. The Kier molecular flexibility index (Phi) is 7.62. The lowest BCUT2D eigenvalue weighted by atomic mass is 10.2. The van der Waals surface area contributed by atoms with Crippen LogP contribution in [0, 0.1) is 0 Å². The van der Waals surface area contributed by atoms with Crippen LogP contribution in [-0.2, 0) is 4.43 Å². The predicted octanol–water partition coefficient (Wildman–Crippen LogP) is 8.35. The van der Waals surface area contributed by atoms with Gasteiger partial charge in [0.05, 0.1) is 24.2 Å². The van der Waals surface area contributed by atoms with Gasteiger partial charge in [0.2, 0.25) is 8.32 Å². The van der Waals surface area contributed by atoms with E-state index in [9.17, 15) is 0 Å². The van der Waals surface area contributed by atoms with Gasteiger partial charge in [0.15, 0.2) is 0 Å². The molecule has 0 aliphatic carbocycles. The molecule has 0 spiro atoms. The number of hydrogen-bond donors (Lipinski definition) is 0. The highest BCUT2D eigenvalue weighted by Crippen LogP contribution is 2.59. The van der Waals surface area contributed by atoms with Gasteiger partial charge >= 0.3 is 0 Å². The maximum atomic E-state index is 6.91. The highest BCUT2D eigenvalue weighted by atomic mass is 28.4. The Morgan fingerprint density at radius 2 is 1.36 bits per heavy atom. The summed E-state index contributed by atoms with van der Waals surface area (Å²) in [4.78, 5) is 1.82. The zero-order chi connectivity index (χ0) is 22.5. The van der Waals surface area contributed by atoms with E-state index in [0.717, 1.165) is 11.1 Å². The quantitative estimate of drug-likeness (QED) is 0.366. The molecular weight excluding hydrogens is 405 g/mol. The lowest BCUT2D eigenvalue weighted by Crippen LogP contribution is -2.65. The van der Waals surface area contributed by atoms with Gasteiger partial charge in [0.1, 0.15) is 0 Å². The first-order chi connectivity index (χ1) is 12.3. The summed E-state index contributed by atoms with van der Waals surface area (Å²) in [6, 6.07) is 0. The van der Waals surface area contributed by atoms with E-state index in [1.165, 1.54) is 0 Å². The molecule has 1 aliphatic heterocycles. The van der Waals surface area contributed by atoms with Crippen molar-refractivity contribution in [1.29, 1.82) is 0 Å². The Bertz CT molecular complexity index is 630. The van der Waals surface area contributed by atoms with Crippen LogP contribution in [0.5, 0.6) is 0 Å². The fourth-order valence-electron chi connectivity index (χ4n) is 4.73. The van der Waals surface area contributed by atoms with Crippen LogP contribution in [0.15, 0.2) is 22.2 Å². The first kappa shape index (κ1) is 26.3. The fraction of sp³-hybridized carbons (Fsp3) is 0.826. The average Bonchev–Trinajstić information content (AvgIpc) is 2.50.